The van der Waals surface area contributed by atoms with Crippen LogP contribution in [0.2, 0.25) is 5.02 Å². The molecule has 2 N–H and O–H groups in total. The van der Waals surface area contributed by atoms with Crippen molar-refractivity contribution in [2.75, 3.05) is 23.8 Å². The van der Waals surface area contributed by atoms with Gasteiger partial charge in [-0.15, -0.1) is 0 Å². The lowest BCUT2D eigenvalue weighted by Crippen LogP contribution is -2.25. The zero-order chi connectivity index (χ0) is 23.5. The third-order valence-corrected chi connectivity index (χ3v) is 5.60. The number of hydrogen-bond acceptors (Lipinski definition) is 5. The lowest BCUT2D eigenvalue weighted by atomic mass is 10.1. The third kappa shape index (κ3) is 5.12. The smallest absolute Gasteiger partial charge is 0.255 e. The molecule has 2 amide bonds. The molecule has 0 radical (unpaired) electrons. The molecule has 1 aliphatic heterocycles. The van der Waals surface area contributed by atoms with E-state index in [0.717, 1.165) is 17.8 Å². The molecule has 0 spiro atoms. The fourth-order valence-electron chi connectivity index (χ4n) is 3.59. The molecule has 2 heterocycles. The molecule has 0 bridgehead atoms. The van der Waals surface area contributed by atoms with Gasteiger partial charge in [-0.25, -0.2) is 0 Å². The van der Waals surface area contributed by atoms with E-state index < -0.39 is 6.04 Å². The Labute approximate surface area is 196 Å². The molecular formula is C24H25ClN4O4. The summed E-state index contributed by atoms with van der Waals surface area (Å²) in [5.74, 6) is 0.624. The van der Waals surface area contributed by atoms with Gasteiger partial charge in [0, 0.05) is 23.4 Å². The molecule has 3 aromatic rings. The number of aromatic nitrogens is 2. The highest BCUT2D eigenvalue weighted by molar-refractivity contribution is 6.34. The van der Waals surface area contributed by atoms with Gasteiger partial charge in [0.1, 0.15) is 6.04 Å². The van der Waals surface area contributed by atoms with Crippen molar-refractivity contribution in [3.05, 3.63) is 64.4 Å². The van der Waals surface area contributed by atoms with Crippen LogP contribution in [0.15, 0.2) is 42.5 Å². The molecule has 1 aromatic heterocycles. The maximum Gasteiger partial charge on any atom is 0.255 e. The summed E-state index contributed by atoms with van der Waals surface area (Å²) in [5.41, 5.74) is 3.13. The Morgan fingerprint density at radius 3 is 2.48 bits per heavy atom. The van der Waals surface area contributed by atoms with Gasteiger partial charge in [0.25, 0.3) is 5.91 Å². The van der Waals surface area contributed by atoms with Crippen LogP contribution < -0.4 is 20.1 Å². The van der Waals surface area contributed by atoms with Crippen molar-refractivity contribution in [3.8, 4) is 11.5 Å². The number of rotatable bonds is 5. The fraction of sp³-hybridized carbons (Fsp3) is 0.292. The standard InChI is InChI=1S/C24H25ClN4O4/c1-14-11-15(2)29(28-14)16(3)23(30)27-20-7-6-18(13-19(20)25)26-24(31)17-5-8-21-22(12-17)33-10-4-9-32-21/h5-8,11-13,16H,4,9-10H2,1-3H3,(H,26,31)(H,27,30). The Kier molecular flexibility index (Phi) is 6.55. The molecule has 0 aliphatic carbocycles. The lowest BCUT2D eigenvalue weighted by molar-refractivity contribution is -0.119. The van der Waals surface area contributed by atoms with Gasteiger partial charge in [-0.1, -0.05) is 11.6 Å². The van der Waals surface area contributed by atoms with Crippen molar-refractivity contribution in [1.82, 2.24) is 9.78 Å². The van der Waals surface area contributed by atoms with Crippen molar-refractivity contribution in [2.45, 2.75) is 33.2 Å². The number of nitrogens with one attached hydrogen (secondary N) is 2. The minimum Gasteiger partial charge on any atom is -0.490 e. The first-order chi connectivity index (χ1) is 15.8. The zero-order valence-corrected chi connectivity index (χ0v) is 19.4. The van der Waals surface area contributed by atoms with Gasteiger partial charge in [0.15, 0.2) is 11.5 Å². The summed E-state index contributed by atoms with van der Waals surface area (Å²) < 4.78 is 12.9. The summed E-state index contributed by atoms with van der Waals surface area (Å²) in [6.45, 7) is 6.67. The molecular weight excluding hydrogens is 444 g/mol. The molecule has 1 aliphatic rings. The van der Waals surface area contributed by atoms with E-state index in [1.807, 2.05) is 19.9 Å². The van der Waals surface area contributed by atoms with Gasteiger partial charge in [-0.2, -0.15) is 5.10 Å². The second-order valence-electron chi connectivity index (χ2n) is 7.90. The average molecular weight is 469 g/mol. The number of carbonyl (C=O) groups is 2. The van der Waals surface area contributed by atoms with Crippen LogP contribution >= 0.6 is 11.6 Å². The van der Waals surface area contributed by atoms with Crippen LogP contribution in [0.3, 0.4) is 0 Å². The zero-order valence-electron chi connectivity index (χ0n) is 18.6. The first kappa shape index (κ1) is 22.7. The molecule has 0 saturated heterocycles. The maximum absolute atomic E-state index is 12.7. The normalized spacial score (nSPS) is 13.7. The Hall–Kier alpha value is -3.52. The van der Waals surface area contributed by atoms with Crippen LogP contribution in [0.5, 0.6) is 11.5 Å². The highest BCUT2D eigenvalue weighted by atomic mass is 35.5. The summed E-state index contributed by atoms with van der Waals surface area (Å²) in [6.07, 6.45) is 0.789. The van der Waals surface area contributed by atoms with Crippen molar-refractivity contribution in [3.63, 3.8) is 0 Å². The van der Waals surface area contributed by atoms with Crippen LogP contribution in [0.4, 0.5) is 11.4 Å². The second-order valence-corrected chi connectivity index (χ2v) is 8.30. The minimum absolute atomic E-state index is 0.243. The predicted molar refractivity (Wildman–Crippen MR) is 126 cm³/mol. The van der Waals surface area contributed by atoms with E-state index in [-0.39, 0.29) is 11.8 Å². The van der Waals surface area contributed by atoms with E-state index in [0.29, 0.717) is 46.7 Å². The molecule has 9 heteroatoms. The van der Waals surface area contributed by atoms with Gasteiger partial charge in [-0.05, 0) is 63.2 Å². The maximum atomic E-state index is 12.7. The molecule has 1 atom stereocenters. The largest absolute Gasteiger partial charge is 0.490 e. The molecule has 0 fully saturated rings. The molecule has 4 rings (SSSR count). The van der Waals surface area contributed by atoms with Crippen molar-refractivity contribution < 1.29 is 19.1 Å². The number of ether oxygens (including phenoxy) is 2. The molecule has 172 valence electrons. The Morgan fingerprint density at radius 1 is 1.03 bits per heavy atom. The molecule has 1 unspecified atom stereocenters. The summed E-state index contributed by atoms with van der Waals surface area (Å²) in [5, 5.41) is 10.3. The van der Waals surface area contributed by atoms with E-state index in [2.05, 4.69) is 15.7 Å². The number of halogens is 1. The average Bonchev–Trinajstić information content (AvgIpc) is 2.97. The third-order valence-electron chi connectivity index (χ3n) is 5.29. The van der Waals surface area contributed by atoms with Gasteiger partial charge < -0.3 is 20.1 Å². The summed E-state index contributed by atoms with van der Waals surface area (Å²) in [6, 6.07) is 11.4. The number of hydrogen-bond donors (Lipinski definition) is 2. The predicted octanol–water partition coefficient (Wildman–Crippen LogP) is 4.77. The Balaban J connectivity index is 1.43. The summed E-state index contributed by atoms with van der Waals surface area (Å²) in [4.78, 5) is 25.4. The van der Waals surface area contributed by atoms with E-state index >= 15 is 0 Å². The van der Waals surface area contributed by atoms with E-state index in [1.54, 1.807) is 48.0 Å². The minimum atomic E-state index is -0.506. The van der Waals surface area contributed by atoms with Crippen LogP contribution in [0.1, 0.15) is 41.1 Å². The number of carbonyl (C=O) groups excluding carboxylic acids is 2. The van der Waals surface area contributed by atoms with E-state index in [1.165, 1.54) is 0 Å². The molecule has 0 saturated carbocycles. The second kappa shape index (κ2) is 9.54. The highest BCUT2D eigenvalue weighted by Crippen LogP contribution is 2.31. The van der Waals surface area contributed by atoms with E-state index in [9.17, 15) is 9.59 Å². The summed E-state index contributed by atoms with van der Waals surface area (Å²) >= 11 is 6.38. The Morgan fingerprint density at radius 2 is 1.79 bits per heavy atom. The SMILES string of the molecule is Cc1cc(C)n(C(C)C(=O)Nc2ccc(NC(=O)c3ccc4c(c3)OCCCO4)cc2Cl)n1. The van der Waals surface area contributed by atoms with Crippen LogP contribution in [0, 0.1) is 13.8 Å². The van der Waals surface area contributed by atoms with Crippen LogP contribution in [-0.2, 0) is 4.79 Å². The monoisotopic (exact) mass is 468 g/mol. The first-order valence-electron chi connectivity index (χ1n) is 10.7. The molecule has 33 heavy (non-hydrogen) atoms. The number of benzene rings is 2. The van der Waals surface area contributed by atoms with Crippen molar-refractivity contribution >= 4 is 34.8 Å². The number of amides is 2. The number of aryl methyl sites for hydroxylation is 2. The number of nitrogens with zero attached hydrogens (tertiary/aromatic N) is 2. The van der Waals surface area contributed by atoms with Gasteiger partial charge >= 0.3 is 0 Å². The fourth-order valence-corrected chi connectivity index (χ4v) is 3.82. The van der Waals surface area contributed by atoms with E-state index in [4.69, 9.17) is 21.1 Å². The lowest BCUT2D eigenvalue weighted by Gasteiger charge is -2.16. The van der Waals surface area contributed by atoms with Crippen molar-refractivity contribution in [1.29, 1.82) is 0 Å². The molecule has 8 nitrogen and oxygen atoms in total. The number of fused-ring (bicyclic) bond motifs is 1. The number of anilines is 2. The van der Waals surface area contributed by atoms with Crippen LogP contribution in [-0.4, -0.2) is 34.8 Å². The summed E-state index contributed by atoms with van der Waals surface area (Å²) in [7, 11) is 0. The topological polar surface area (TPSA) is 94.5 Å². The van der Waals surface area contributed by atoms with Gasteiger partial charge in [0.2, 0.25) is 5.91 Å². The highest BCUT2D eigenvalue weighted by Gasteiger charge is 2.19. The van der Waals surface area contributed by atoms with Gasteiger partial charge in [0.05, 0.1) is 29.6 Å². The first-order valence-corrected chi connectivity index (χ1v) is 11.0. The Bertz CT molecular complexity index is 1210. The molecule has 2 aromatic carbocycles. The van der Waals surface area contributed by atoms with Crippen molar-refractivity contribution in [2.24, 2.45) is 0 Å². The quantitative estimate of drug-likeness (QED) is 0.562. The van der Waals surface area contributed by atoms with Crippen LogP contribution in [0.25, 0.3) is 0 Å². The van der Waals surface area contributed by atoms with Gasteiger partial charge in [-0.3, -0.25) is 14.3 Å².